The Hall–Kier alpha value is -4.78. The zero-order valence-electron chi connectivity index (χ0n) is 25.7. The van der Waals surface area contributed by atoms with Gasteiger partial charge < -0.3 is 61.7 Å². The van der Waals surface area contributed by atoms with Gasteiger partial charge in [-0.2, -0.15) is 28.5 Å². The standard InChI is InChI=1S/C10H13FN5O7P.C8H11N3O6.C4H3FN2O2.FH.H3N/c11-10-14-7(12)4-8(15-10)16(2-13-4)9-6(18)5(17)3(23-9)1-22-24(19,20)21;12-2-3-5(14)6(15)7(17-3)11-8(16)10-4(13)1-9-11;5-2-1-6-4(9)7-3(2)8;;/h2-3,5-6,9,17-18H,1H2,(H2,12,14,15)(H2,19,20,21);1,3,5-7,12,14-15H,2H2,(H,10,13,16);1H,(H2,6,7,8,9);1H;1H3/t3-,5-,6+,9-;3-,5-,6-,7-;;;/m11.../s1. The van der Waals surface area contributed by atoms with E-state index in [1.807, 2.05) is 9.97 Å². The maximum atomic E-state index is 13.3. The van der Waals surface area contributed by atoms with Gasteiger partial charge in [-0.15, -0.1) is 0 Å². The van der Waals surface area contributed by atoms with Gasteiger partial charge >= 0.3 is 25.3 Å². The van der Waals surface area contributed by atoms with Crippen LogP contribution in [0.2, 0.25) is 0 Å². The quantitative estimate of drug-likeness (QED) is 0.0641. The van der Waals surface area contributed by atoms with Crippen LogP contribution in [0, 0.1) is 11.9 Å². The summed E-state index contributed by atoms with van der Waals surface area (Å²) in [5.74, 6) is -1.21. The maximum absolute atomic E-state index is 13.3. The van der Waals surface area contributed by atoms with Crippen LogP contribution >= 0.6 is 7.82 Å². The first-order valence-corrected chi connectivity index (χ1v) is 15.1. The number of H-pyrrole nitrogens is 3. The highest BCUT2D eigenvalue weighted by Gasteiger charge is 2.46. The molecule has 8 atom stereocenters. The van der Waals surface area contributed by atoms with Crippen molar-refractivity contribution in [2.45, 2.75) is 49.1 Å². The molecule has 6 heterocycles. The minimum absolute atomic E-state index is 0. The van der Waals surface area contributed by atoms with Crippen LogP contribution in [0.1, 0.15) is 12.5 Å². The zero-order chi connectivity index (χ0) is 37.1. The fourth-order valence-electron chi connectivity index (χ4n) is 4.38. The van der Waals surface area contributed by atoms with Gasteiger partial charge in [-0.25, -0.2) is 19.1 Å². The first-order valence-electron chi connectivity index (χ1n) is 13.6. The van der Waals surface area contributed by atoms with Crippen LogP contribution in [-0.2, 0) is 18.6 Å². The summed E-state index contributed by atoms with van der Waals surface area (Å²) in [5, 5.41) is 51.5. The van der Waals surface area contributed by atoms with Crippen LogP contribution in [0.5, 0.6) is 0 Å². The number of nitrogens with one attached hydrogen (secondary N) is 3. The normalized spacial score (nSPS) is 25.2. The summed E-state index contributed by atoms with van der Waals surface area (Å²) in [4.78, 5) is 76.2. The second kappa shape index (κ2) is 17.6. The van der Waals surface area contributed by atoms with E-state index in [2.05, 4.69) is 24.6 Å². The molecule has 0 aromatic carbocycles. The number of aliphatic hydroxyl groups is 5. The summed E-state index contributed by atoms with van der Waals surface area (Å²) >= 11 is 0. The SMILES string of the molecule is F.N.Nc1nc(F)nc2c1ncn2[C@@H]1O[C@H](COP(=O)(O)O)[C@@H](O)[C@@H]1O.O=c1[nH]cc(F)c(=O)[nH]1.O=c1cnn([C@@H]2O[C@H](CO)[C@@H](O)[C@H]2O)c(=O)[nH]1. The van der Waals surface area contributed by atoms with E-state index in [1.165, 1.54) is 0 Å². The smallest absolute Gasteiger partial charge is 0.394 e. The molecule has 30 heteroatoms. The van der Waals surface area contributed by atoms with Gasteiger partial charge in [-0.1, -0.05) is 0 Å². The van der Waals surface area contributed by atoms with Crippen molar-refractivity contribution >= 4 is 24.8 Å². The molecule has 2 aliphatic heterocycles. The number of phosphoric ester groups is 1. The number of anilines is 1. The molecule has 26 nitrogen and oxygen atoms in total. The molecule has 52 heavy (non-hydrogen) atoms. The van der Waals surface area contributed by atoms with E-state index in [0.717, 1.165) is 17.1 Å². The average Bonchev–Trinajstić information content (AvgIpc) is 3.68. The Labute approximate surface area is 283 Å². The molecule has 0 bridgehead atoms. The van der Waals surface area contributed by atoms with Crippen LogP contribution in [0.25, 0.3) is 11.2 Å². The molecular weight excluding hydrogens is 746 g/mol. The third-order valence-corrected chi connectivity index (χ3v) is 7.19. The molecule has 0 unspecified atom stereocenters. The number of ether oxygens (including phenoxy) is 2. The molecule has 0 saturated carbocycles. The summed E-state index contributed by atoms with van der Waals surface area (Å²) in [5.41, 5.74) is 2.26. The van der Waals surface area contributed by atoms with Crippen molar-refractivity contribution < 1.29 is 67.4 Å². The lowest BCUT2D eigenvalue weighted by molar-refractivity contribution is -0.0618. The Bertz CT molecular complexity index is 2090. The topological polar surface area (TPSA) is 424 Å². The number of rotatable bonds is 6. The van der Waals surface area contributed by atoms with Crippen molar-refractivity contribution in [1.82, 2.24) is 50.4 Å². The summed E-state index contributed by atoms with van der Waals surface area (Å²) in [6, 6.07) is 0. The second-order valence-electron chi connectivity index (χ2n) is 10.1. The van der Waals surface area contributed by atoms with Gasteiger partial charge in [-0.3, -0.25) is 33.4 Å². The van der Waals surface area contributed by atoms with E-state index >= 15 is 0 Å². The molecule has 6 rings (SSSR count). The van der Waals surface area contributed by atoms with Crippen molar-refractivity contribution in [2.75, 3.05) is 18.9 Å². The summed E-state index contributed by atoms with van der Waals surface area (Å²) in [6.45, 7) is -1.18. The molecule has 290 valence electrons. The highest BCUT2D eigenvalue weighted by molar-refractivity contribution is 7.46. The van der Waals surface area contributed by atoms with E-state index < -0.39 is 105 Å². The number of aromatic amines is 3. The van der Waals surface area contributed by atoms with Crippen molar-refractivity contribution in [3.63, 3.8) is 0 Å². The monoisotopic (exact) mass is 777 g/mol. The van der Waals surface area contributed by atoms with Crippen molar-refractivity contribution in [3.8, 4) is 0 Å². The first-order chi connectivity index (χ1) is 23.4. The number of nitrogen functional groups attached to an aromatic ring is 1. The molecule has 4 aromatic heterocycles. The van der Waals surface area contributed by atoms with Crippen LogP contribution < -0.4 is 34.4 Å². The number of phosphoric acid groups is 1. The molecule has 0 aliphatic carbocycles. The van der Waals surface area contributed by atoms with Crippen LogP contribution in [0.3, 0.4) is 0 Å². The van der Waals surface area contributed by atoms with Gasteiger partial charge in [0.25, 0.3) is 11.1 Å². The fourth-order valence-corrected chi connectivity index (χ4v) is 4.72. The Morgan fingerprint density at radius 2 is 1.58 bits per heavy atom. The van der Waals surface area contributed by atoms with Gasteiger partial charge in [0, 0.05) is 6.20 Å². The van der Waals surface area contributed by atoms with Crippen LogP contribution in [0.4, 0.5) is 19.3 Å². The van der Waals surface area contributed by atoms with E-state index in [-0.39, 0.29) is 27.8 Å². The molecule has 2 aliphatic rings. The average molecular weight is 778 g/mol. The molecule has 0 spiro atoms. The van der Waals surface area contributed by atoms with Crippen LogP contribution in [0.15, 0.2) is 37.9 Å². The number of hydrogen-bond acceptors (Lipinski definition) is 19. The Morgan fingerprint density at radius 1 is 0.962 bits per heavy atom. The lowest BCUT2D eigenvalue weighted by atomic mass is 10.1. The third kappa shape index (κ3) is 9.96. The maximum Gasteiger partial charge on any atom is 0.469 e. The third-order valence-electron chi connectivity index (χ3n) is 6.71. The second-order valence-corrected chi connectivity index (χ2v) is 11.3. The number of nitrogens with two attached hydrogens (primary N) is 1. The predicted molar refractivity (Wildman–Crippen MR) is 161 cm³/mol. The number of fused-ring (bicyclic) bond motifs is 1. The molecule has 0 radical (unpaired) electrons. The molecule has 0 amide bonds. The minimum Gasteiger partial charge on any atom is -0.394 e. The lowest BCUT2D eigenvalue weighted by Crippen LogP contribution is -2.39. The number of nitrogens with zero attached hydrogens (tertiary/aromatic N) is 6. The highest BCUT2D eigenvalue weighted by Crippen LogP contribution is 2.39. The predicted octanol–water partition coefficient (Wildman–Crippen LogP) is -5.66. The zero-order valence-corrected chi connectivity index (χ0v) is 26.6. The van der Waals surface area contributed by atoms with Gasteiger partial charge in [0.15, 0.2) is 29.4 Å². The van der Waals surface area contributed by atoms with Crippen molar-refractivity contribution in [3.05, 3.63) is 72.3 Å². The number of hydrogen-bond donors (Lipinski definition) is 12. The number of imidazole rings is 1. The minimum atomic E-state index is -4.78. The summed E-state index contributed by atoms with van der Waals surface area (Å²) in [7, 11) is -4.78. The van der Waals surface area contributed by atoms with Crippen LogP contribution in [-0.4, -0.2) is 129 Å². The number of aromatic nitrogens is 9. The van der Waals surface area contributed by atoms with E-state index in [0.29, 0.717) is 10.9 Å². The van der Waals surface area contributed by atoms with Gasteiger partial charge in [0.05, 0.1) is 19.5 Å². The van der Waals surface area contributed by atoms with Gasteiger partial charge in [0.1, 0.15) is 42.8 Å². The molecular formula is C22H31F3N11O15P. The molecule has 15 N–H and O–H groups in total. The summed E-state index contributed by atoms with van der Waals surface area (Å²) in [6.07, 6.45) is -8.90. The van der Waals surface area contributed by atoms with Crippen molar-refractivity contribution in [2.24, 2.45) is 0 Å². The highest BCUT2D eigenvalue weighted by atomic mass is 31.2. The Kier molecular flexibility index (Phi) is 14.7. The molecule has 2 saturated heterocycles. The van der Waals surface area contributed by atoms with E-state index in [9.17, 15) is 53.0 Å². The molecule has 4 aromatic rings. The first kappa shape index (κ1) is 43.4. The number of aliphatic hydroxyl groups excluding tert-OH is 5. The lowest BCUT2D eigenvalue weighted by Gasteiger charge is -2.16. The number of halogens is 3. The molecule has 2 fully saturated rings. The Balaban J connectivity index is 0.000000292. The van der Waals surface area contributed by atoms with E-state index in [4.69, 9.17) is 30.1 Å². The Morgan fingerprint density at radius 3 is 2.13 bits per heavy atom. The largest absolute Gasteiger partial charge is 0.469 e. The van der Waals surface area contributed by atoms with Gasteiger partial charge in [-0.05, 0) is 0 Å². The van der Waals surface area contributed by atoms with Crippen molar-refractivity contribution in [1.29, 1.82) is 0 Å². The van der Waals surface area contributed by atoms with E-state index in [1.54, 1.807) is 4.98 Å². The summed E-state index contributed by atoms with van der Waals surface area (Å²) < 4.78 is 52.6. The van der Waals surface area contributed by atoms with Gasteiger partial charge in [0.2, 0.25) is 5.82 Å². The fraction of sp³-hybridized carbons (Fsp3) is 0.455.